The van der Waals surface area contributed by atoms with Gasteiger partial charge >= 0.3 is 0 Å². The van der Waals surface area contributed by atoms with Crippen molar-refractivity contribution in [1.29, 1.82) is 0 Å². The van der Waals surface area contributed by atoms with Crippen molar-refractivity contribution in [3.8, 4) is 0 Å². The molecule has 0 aromatic heterocycles. The van der Waals surface area contributed by atoms with Crippen LogP contribution in [0, 0.1) is 0 Å². The smallest absolute Gasteiger partial charge is 0.133 e. The van der Waals surface area contributed by atoms with E-state index in [4.69, 9.17) is 0 Å². The Kier molecular flexibility index (Phi) is 7.89. The summed E-state index contributed by atoms with van der Waals surface area (Å²) in [6, 6.07) is 16.4. The van der Waals surface area contributed by atoms with Crippen molar-refractivity contribution in [1.82, 2.24) is 0 Å². The first-order valence-corrected chi connectivity index (χ1v) is 10.3. The lowest BCUT2D eigenvalue weighted by molar-refractivity contribution is 0.134. The van der Waals surface area contributed by atoms with Gasteiger partial charge in [0.1, 0.15) is 5.60 Å². The molecule has 0 saturated heterocycles. The highest BCUT2D eigenvalue weighted by Crippen LogP contribution is 2.33. The van der Waals surface area contributed by atoms with E-state index in [9.17, 15) is 5.11 Å². The maximum absolute atomic E-state index is 11.6. The van der Waals surface area contributed by atoms with Crippen LogP contribution in [0.5, 0.6) is 0 Å². The van der Waals surface area contributed by atoms with E-state index in [1.807, 2.05) is 24.3 Å². The van der Waals surface area contributed by atoms with Gasteiger partial charge < -0.3 is 14.9 Å². The molecule has 2 aromatic rings. The van der Waals surface area contributed by atoms with Crippen LogP contribution in [0.3, 0.4) is 0 Å². The van der Waals surface area contributed by atoms with Gasteiger partial charge in [-0.1, -0.05) is 43.0 Å². The van der Waals surface area contributed by atoms with E-state index >= 15 is 0 Å². The highest BCUT2D eigenvalue weighted by molar-refractivity contribution is 5.54. The van der Waals surface area contributed by atoms with Crippen molar-refractivity contribution in [2.24, 2.45) is 0 Å². The Hall–Kier alpha value is -2.52. The van der Waals surface area contributed by atoms with Crippen molar-refractivity contribution < 1.29 is 5.11 Å². The predicted octanol–water partition coefficient (Wildman–Crippen LogP) is 5.36. The molecule has 0 spiro atoms. The molecular weight excluding hydrogens is 344 g/mol. The largest absolute Gasteiger partial charge is 0.377 e. The monoisotopic (exact) mass is 378 g/mol. The van der Waals surface area contributed by atoms with Crippen molar-refractivity contribution in [2.45, 2.75) is 33.3 Å². The molecule has 0 aliphatic heterocycles. The van der Waals surface area contributed by atoms with E-state index in [-0.39, 0.29) is 0 Å². The summed E-state index contributed by atoms with van der Waals surface area (Å²) in [6.45, 7) is 16.2. The molecule has 0 saturated carbocycles. The summed E-state index contributed by atoms with van der Waals surface area (Å²) in [4.78, 5) is 4.59. The van der Waals surface area contributed by atoms with Crippen LogP contribution < -0.4 is 9.80 Å². The Balaban J connectivity index is 2.43. The Morgan fingerprint density at radius 3 is 1.39 bits per heavy atom. The van der Waals surface area contributed by atoms with E-state index in [1.54, 1.807) is 18.2 Å². The fourth-order valence-electron chi connectivity index (χ4n) is 3.60. The molecule has 0 aliphatic carbocycles. The second-order valence-corrected chi connectivity index (χ2v) is 6.80. The maximum atomic E-state index is 11.6. The molecule has 0 unspecified atom stereocenters. The molecular formula is C25H34N2O. The molecule has 3 heteroatoms. The van der Waals surface area contributed by atoms with Gasteiger partial charge in [0.15, 0.2) is 0 Å². The Morgan fingerprint density at radius 2 is 1.11 bits per heavy atom. The lowest BCUT2D eigenvalue weighted by atomic mass is 9.85. The zero-order valence-corrected chi connectivity index (χ0v) is 17.7. The molecule has 28 heavy (non-hydrogen) atoms. The van der Waals surface area contributed by atoms with Gasteiger partial charge in [0.2, 0.25) is 0 Å². The molecule has 2 rings (SSSR count). The zero-order chi connectivity index (χ0) is 20.6. The second-order valence-electron chi connectivity index (χ2n) is 6.80. The fraction of sp³-hybridized carbons (Fsp3) is 0.360. The molecule has 3 nitrogen and oxygen atoms in total. The number of anilines is 2. The first kappa shape index (κ1) is 21.8. The Labute approximate surface area is 170 Å². The number of nitrogens with zero attached hydrogens (tertiary/aromatic N) is 2. The number of hydrogen-bond donors (Lipinski definition) is 1. The van der Waals surface area contributed by atoms with Crippen LogP contribution in [0.2, 0.25) is 0 Å². The van der Waals surface area contributed by atoms with Crippen LogP contribution >= 0.6 is 0 Å². The lowest BCUT2D eigenvalue weighted by Crippen LogP contribution is -2.26. The minimum absolute atomic E-state index is 0.845. The molecule has 0 amide bonds. The minimum atomic E-state index is -1.20. The number of benzene rings is 2. The number of rotatable bonds is 10. The van der Waals surface area contributed by atoms with Gasteiger partial charge in [-0.15, -0.1) is 0 Å². The van der Waals surface area contributed by atoms with Gasteiger partial charge in [-0.2, -0.15) is 0 Å². The zero-order valence-electron chi connectivity index (χ0n) is 17.7. The van der Waals surface area contributed by atoms with Crippen LogP contribution in [0.15, 0.2) is 73.3 Å². The van der Waals surface area contributed by atoms with Crippen molar-refractivity contribution in [2.75, 3.05) is 36.0 Å². The van der Waals surface area contributed by atoms with Crippen LogP contribution in [0.25, 0.3) is 0 Å². The van der Waals surface area contributed by atoms with Crippen LogP contribution in [-0.2, 0) is 5.60 Å². The van der Waals surface area contributed by atoms with Crippen molar-refractivity contribution in [3.63, 3.8) is 0 Å². The minimum Gasteiger partial charge on any atom is -0.377 e. The lowest BCUT2D eigenvalue weighted by Gasteiger charge is -2.28. The maximum Gasteiger partial charge on any atom is 0.133 e. The highest BCUT2D eigenvalue weighted by atomic mass is 16.3. The molecule has 0 heterocycles. The molecule has 150 valence electrons. The molecule has 0 fully saturated rings. The third-order valence-electron chi connectivity index (χ3n) is 5.35. The highest BCUT2D eigenvalue weighted by Gasteiger charge is 2.28. The summed E-state index contributed by atoms with van der Waals surface area (Å²) in [7, 11) is 0. The van der Waals surface area contributed by atoms with E-state index in [0.717, 1.165) is 37.3 Å². The van der Waals surface area contributed by atoms with Gasteiger partial charge in [0, 0.05) is 37.6 Å². The average Bonchev–Trinajstić information content (AvgIpc) is 2.75. The molecule has 2 aromatic carbocycles. The van der Waals surface area contributed by atoms with Gasteiger partial charge in [-0.05, 0) is 69.2 Å². The number of hydrogen-bond acceptors (Lipinski definition) is 3. The fourth-order valence-corrected chi connectivity index (χ4v) is 3.60. The molecule has 0 aliphatic rings. The van der Waals surface area contributed by atoms with E-state index in [1.165, 1.54) is 11.4 Å². The van der Waals surface area contributed by atoms with Crippen molar-refractivity contribution in [3.05, 3.63) is 84.5 Å². The molecule has 0 radical (unpaired) electrons. The summed E-state index contributed by atoms with van der Waals surface area (Å²) in [5.41, 5.74) is 2.83. The summed E-state index contributed by atoms with van der Waals surface area (Å²) < 4.78 is 0. The van der Waals surface area contributed by atoms with Gasteiger partial charge in [0.05, 0.1) is 0 Å². The van der Waals surface area contributed by atoms with E-state index in [2.05, 4.69) is 68.3 Å². The second kappa shape index (κ2) is 10.1. The van der Waals surface area contributed by atoms with Gasteiger partial charge in [-0.3, -0.25) is 0 Å². The third kappa shape index (κ3) is 4.66. The number of allylic oxidation sites excluding steroid dienone is 2. The molecule has 1 N–H and O–H groups in total. The predicted molar refractivity (Wildman–Crippen MR) is 122 cm³/mol. The third-order valence-corrected chi connectivity index (χ3v) is 5.35. The summed E-state index contributed by atoms with van der Waals surface area (Å²) >= 11 is 0. The molecule has 0 atom stereocenters. The first-order chi connectivity index (χ1) is 13.5. The van der Waals surface area contributed by atoms with Crippen LogP contribution in [-0.4, -0.2) is 31.3 Å². The first-order valence-electron chi connectivity index (χ1n) is 10.3. The Morgan fingerprint density at radius 1 is 0.750 bits per heavy atom. The summed E-state index contributed by atoms with van der Waals surface area (Å²) in [5, 5.41) is 11.6. The summed E-state index contributed by atoms with van der Waals surface area (Å²) in [6.07, 6.45) is 5.30. The average molecular weight is 379 g/mol. The summed E-state index contributed by atoms with van der Waals surface area (Å²) in [5.74, 6) is 0. The van der Waals surface area contributed by atoms with Crippen LogP contribution in [0.1, 0.15) is 38.8 Å². The van der Waals surface area contributed by atoms with Gasteiger partial charge in [0.25, 0.3) is 0 Å². The standard InChI is InChI=1S/C25H34N2O/c1-6-11-20-25(28,21-12-16-23(17-13-21)26(7-2)8-3)22-14-18-24(19-15-22)27(9-4)10-5/h6,11-20,28H,1,7-10H2,2-5H3/b20-11+. The van der Waals surface area contributed by atoms with Gasteiger partial charge in [-0.25, -0.2) is 0 Å². The molecule has 0 bridgehead atoms. The normalized spacial score (nSPS) is 11.6. The Bertz CT molecular complexity index is 699. The van der Waals surface area contributed by atoms with E-state index in [0.29, 0.717) is 0 Å². The SMILES string of the molecule is C=C/C=C/C(O)(c1ccc(N(CC)CC)cc1)c1ccc(N(CC)CC)cc1. The van der Waals surface area contributed by atoms with Crippen molar-refractivity contribution >= 4 is 11.4 Å². The van der Waals surface area contributed by atoms with E-state index < -0.39 is 5.60 Å². The van der Waals surface area contributed by atoms with Crippen LogP contribution in [0.4, 0.5) is 11.4 Å². The topological polar surface area (TPSA) is 26.7 Å². The quantitative estimate of drug-likeness (QED) is 0.564. The number of aliphatic hydroxyl groups is 1.